The fourth-order valence-corrected chi connectivity index (χ4v) is 7.66. The fourth-order valence-electron chi connectivity index (χ4n) is 5.69. The first-order valence-corrected chi connectivity index (χ1v) is 16.3. The van der Waals surface area contributed by atoms with Crippen LogP contribution in [0.2, 0.25) is 0 Å². The summed E-state index contributed by atoms with van der Waals surface area (Å²) in [6.45, 7) is -0.154. The molecule has 1 aliphatic heterocycles. The number of amides is 2. The van der Waals surface area contributed by atoms with Gasteiger partial charge in [-0.05, 0) is 23.3 Å². The quantitative estimate of drug-likeness (QED) is 0.259. The number of rotatable bonds is 7. The maximum Gasteiger partial charge on any atom is 0.246 e. The SMILES string of the molecule is O=C(NC(=S)c1ccccc1)C1CN(C(=O)C(c2ccccc2)c2ccccc2)CCN1S(=O)(=O)c1cccc2cccnc12. The minimum Gasteiger partial charge on any atom is -0.338 e. The van der Waals surface area contributed by atoms with E-state index in [0.29, 0.717) is 16.5 Å². The highest BCUT2D eigenvalue weighted by atomic mass is 32.2. The first-order valence-electron chi connectivity index (χ1n) is 14.5. The Balaban J connectivity index is 1.37. The molecule has 4 aromatic carbocycles. The van der Waals surface area contributed by atoms with Gasteiger partial charge in [-0.25, -0.2) is 8.42 Å². The van der Waals surface area contributed by atoms with E-state index in [4.69, 9.17) is 12.2 Å². The highest BCUT2D eigenvalue weighted by Gasteiger charge is 2.43. The van der Waals surface area contributed by atoms with E-state index >= 15 is 0 Å². The molecular weight excluding hydrogens is 605 g/mol. The van der Waals surface area contributed by atoms with Crippen molar-refractivity contribution in [2.75, 3.05) is 19.6 Å². The number of carbonyl (C=O) groups excluding carboxylic acids is 2. The van der Waals surface area contributed by atoms with E-state index in [0.717, 1.165) is 11.1 Å². The molecule has 1 unspecified atom stereocenters. The van der Waals surface area contributed by atoms with Crippen LogP contribution in [0.4, 0.5) is 0 Å². The van der Waals surface area contributed by atoms with Crippen molar-refractivity contribution in [1.29, 1.82) is 0 Å². The van der Waals surface area contributed by atoms with Crippen LogP contribution < -0.4 is 5.32 Å². The van der Waals surface area contributed by atoms with Crippen LogP contribution in [0.15, 0.2) is 132 Å². The summed E-state index contributed by atoms with van der Waals surface area (Å²) in [6, 6.07) is 35.0. The Kier molecular flexibility index (Phi) is 8.79. The highest BCUT2D eigenvalue weighted by Crippen LogP contribution is 2.31. The van der Waals surface area contributed by atoms with Gasteiger partial charge >= 0.3 is 0 Å². The van der Waals surface area contributed by atoms with E-state index in [1.807, 2.05) is 66.7 Å². The molecule has 0 spiro atoms. The maximum atomic E-state index is 14.3. The third-order valence-corrected chi connectivity index (χ3v) is 10.2. The number of pyridine rings is 1. The lowest BCUT2D eigenvalue weighted by Crippen LogP contribution is -2.62. The summed E-state index contributed by atoms with van der Waals surface area (Å²) in [5.74, 6) is -1.47. The zero-order valence-electron chi connectivity index (χ0n) is 24.2. The van der Waals surface area contributed by atoms with Crippen molar-refractivity contribution >= 4 is 49.9 Å². The van der Waals surface area contributed by atoms with Crippen molar-refractivity contribution < 1.29 is 18.0 Å². The number of fused-ring (bicyclic) bond motifs is 1. The first-order chi connectivity index (χ1) is 21.8. The Morgan fingerprint density at radius 2 is 1.38 bits per heavy atom. The average Bonchev–Trinajstić information content (AvgIpc) is 3.09. The topological polar surface area (TPSA) is 99.7 Å². The van der Waals surface area contributed by atoms with Gasteiger partial charge < -0.3 is 10.2 Å². The van der Waals surface area contributed by atoms with Crippen LogP contribution >= 0.6 is 12.2 Å². The fraction of sp³-hybridized carbons (Fsp3) is 0.143. The molecule has 0 bridgehead atoms. The minimum absolute atomic E-state index is 0.00439. The van der Waals surface area contributed by atoms with E-state index in [1.165, 1.54) is 16.6 Å². The second-order valence-corrected chi connectivity index (χ2v) is 13.0. The van der Waals surface area contributed by atoms with Crippen LogP contribution in [0.1, 0.15) is 22.6 Å². The van der Waals surface area contributed by atoms with Crippen LogP contribution in [-0.2, 0) is 19.6 Å². The molecule has 6 rings (SSSR count). The number of hydrogen-bond donors (Lipinski definition) is 1. The lowest BCUT2D eigenvalue weighted by Gasteiger charge is -2.40. The number of thiocarbonyl (C=S) groups is 1. The van der Waals surface area contributed by atoms with E-state index in [-0.39, 0.29) is 35.4 Å². The van der Waals surface area contributed by atoms with Gasteiger partial charge in [0.15, 0.2) is 0 Å². The molecular formula is C35H30N4O4S2. The summed E-state index contributed by atoms with van der Waals surface area (Å²) in [5.41, 5.74) is 2.53. The van der Waals surface area contributed by atoms with E-state index in [2.05, 4.69) is 10.3 Å². The normalized spacial score (nSPS) is 15.6. The Labute approximate surface area is 267 Å². The summed E-state index contributed by atoms with van der Waals surface area (Å²) in [4.78, 5) is 34.3. The van der Waals surface area contributed by atoms with Crippen molar-refractivity contribution in [3.8, 4) is 0 Å². The number of piperazine rings is 1. The molecule has 0 radical (unpaired) electrons. The third-order valence-electron chi connectivity index (χ3n) is 7.91. The molecule has 45 heavy (non-hydrogen) atoms. The molecule has 0 aliphatic carbocycles. The number of para-hydroxylation sites is 1. The predicted octanol–water partition coefficient (Wildman–Crippen LogP) is 4.76. The molecule has 0 saturated carbocycles. The molecule has 1 N–H and O–H groups in total. The predicted molar refractivity (Wildman–Crippen MR) is 177 cm³/mol. The number of hydrogen-bond acceptors (Lipinski definition) is 6. The number of nitrogens with one attached hydrogen (secondary N) is 1. The van der Waals surface area contributed by atoms with Gasteiger partial charge in [-0.1, -0.05) is 121 Å². The van der Waals surface area contributed by atoms with Crippen molar-refractivity contribution in [2.45, 2.75) is 16.9 Å². The van der Waals surface area contributed by atoms with Gasteiger partial charge in [0.05, 0.1) is 11.4 Å². The standard InChI is InChI=1S/C35H30N4O4S2/c40-33(37-34(44)28-16-8-3-9-17-28)29-24-38(35(41)31(25-12-4-1-5-13-25)26-14-6-2-7-15-26)22-23-39(29)45(42,43)30-20-10-18-27-19-11-21-36-32(27)30/h1-21,29,31H,22-24H2,(H,37,40,44). The van der Waals surface area contributed by atoms with E-state index < -0.39 is 27.9 Å². The van der Waals surface area contributed by atoms with Crippen molar-refractivity contribution in [2.24, 2.45) is 0 Å². The van der Waals surface area contributed by atoms with Gasteiger partial charge in [-0.3, -0.25) is 14.6 Å². The Hall–Kier alpha value is -4.77. The summed E-state index contributed by atoms with van der Waals surface area (Å²) < 4.78 is 29.8. The lowest BCUT2D eigenvalue weighted by molar-refractivity contribution is -0.136. The van der Waals surface area contributed by atoms with E-state index in [1.54, 1.807) is 53.4 Å². The molecule has 8 nitrogen and oxygen atoms in total. The molecule has 10 heteroatoms. The minimum atomic E-state index is -4.23. The molecule has 1 fully saturated rings. The van der Waals surface area contributed by atoms with Crippen molar-refractivity contribution in [3.05, 3.63) is 144 Å². The van der Waals surface area contributed by atoms with Crippen LogP contribution in [0.3, 0.4) is 0 Å². The van der Waals surface area contributed by atoms with Gasteiger partial charge in [0.25, 0.3) is 0 Å². The van der Waals surface area contributed by atoms with Crippen LogP contribution in [0.25, 0.3) is 10.9 Å². The van der Waals surface area contributed by atoms with Crippen LogP contribution in [0.5, 0.6) is 0 Å². The van der Waals surface area contributed by atoms with Crippen molar-refractivity contribution in [1.82, 2.24) is 19.5 Å². The highest BCUT2D eigenvalue weighted by molar-refractivity contribution is 7.89. The zero-order chi connectivity index (χ0) is 31.4. The molecule has 1 atom stereocenters. The monoisotopic (exact) mass is 634 g/mol. The molecule has 1 aliphatic rings. The largest absolute Gasteiger partial charge is 0.338 e. The maximum absolute atomic E-state index is 14.3. The van der Waals surface area contributed by atoms with Crippen molar-refractivity contribution in [3.63, 3.8) is 0 Å². The van der Waals surface area contributed by atoms with Gasteiger partial charge in [-0.2, -0.15) is 4.31 Å². The Bertz CT molecular complexity index is 1910. The summed E-state index contributed by atoms with van der Waals surface area (Å²) in [7, 11) is -4.23. The molecule has 2 amide bonds. The summed E-state index contributed by atoms with van der Waals surface area (Å²) in [5, 5.41) is 3.40. The number of carbonyl (C=O) groups is 2. The smallest absolute Gasteiger partial charge is 0.246 e. The Morgan fingerprint density at radius 1 is 0.778 bits per heavy atom. The van der Waals surface area contributed by atoms with Crippen LogP contribution in [-0.4, -0.2) is 65.1 Å². The van der Waals surface area contributed by atoms with Gasteiger partial charge in [0.1, 0.15) is 15.9 Å². The second kappa shape index (κ2) is 13.1. The lowest BCUT2D eigenvalue weighted by atomic mass is 9.89. The number of nitrogens with zero attached hydrogens (tertiary/aromatic N) is 3. The summed E-state index contributed by atoms with van der Waals surface area (Å²) in [6.07, 6.45) is 1.54. The van der Waals surface area contributed by atoms with Gasteiger partial charge in [0.2, 0.25) is 21.8 Å². The number of aromatic nitrogens is 1. The van der Waals surface area contributed by atoms with Crippen LogP contribution in [0, 0.1) is 0 Å². The molecule has 1 aromatic heterocycles. The third kappa shape index (κ3) is 6.26. The molecule has 2 heterocycles. The first kappa shape index (κ1) is 30.3. The van der Waals surface area contributed by atoms with Gasteiger partial charge in [0, 0.05) is 36.8 Å². The number of benzene rings is 4. The molecule has 5 aromatic rings. The molecule has 1 saturated heterocycles. The zero-order valence-corrected chi connectivity index (χ0v) is 25.8. The Morgan fingerprint density at radius 3 is 2.02 bits per heavy atom. The van der Waals surface area contributed by atoms with Gasteiger partial charge in [-0.15, -0.1) is 0 Å². The number of sulfonamides is 1. The summed E-state index contributed by atoms with van der Waals surface area (Å²) >= 11 is 5.51. The molecule has 226 valence electrons. The van der Waals surface area contributed by atoms with E-state index in [9.17, 15) is 18.0 Å². The average molecular weight is 635 g/mol. The second-order valence-electron chi connectivity index (χ2n) is 10.7.